The number of carboxylic acids is 1. The van der Waals surface area contributed by atoms with Crippen molar-refractivity contribution in [2.75, 3.05) is 6.61 Å². The topological polar surface area (TPSA) is 92.7 Å². The number of carboxylic acid groups (broad SMARTS) is 1. The molecule has 0 heterocycles. The number of halogens is 2. The number of nitrogens with one attached hydrogen (secondary N) is 1. The van der Waals surface area contributed by atoms with Crippen LogP contribution < -0.4 is 4.89 Å². The number of sulfonamides is 1. The van der Waals surface area contributed by atoms with Crippen molar-refractivity contribution in [2.24, 2.45) is 0 Å². The van der Waals surface area contributed by atoms with E-state index < -0.39 is 28.4 Å². The molecule has 0 aromatic heterocycles. The van der Waals surface area contributed by atoms with Gasteiger partial charge in [-0.1, -0.05) is 16.5 Å². The van der Waals surface area contributed by atoms with E-state index in [2.05, 4.69) is 4.84 Å². The van der Waals surface area contributed by atoms with Gasteiger partial charge < -0.3 is 5.11 Å². The lowest BCUT2D eigenvalue weighted by Crippen LogP contribution is -2.26. The molecule has 2 N–H and O–H groups in total. The molecule has 0 amide bonds. The maximum Gasteiger partial charge on any atom is 0.331 e. The minimum absolute atomic E-state index is 0.339. The Bertz CT molecular complexity index is 533. The second kappa shape index (κ2) is 5.41. The Morgan fingerprint density at radius 2 is 2.18 bits per heavy atom. The summed E-state index contributed by atoms with van der Waals surface area (Å²) >= 11 is 5.40. The van der Waals surface area contributed by atoms with Gasteiger partial charge in [0, 0.05) is 0 Å². The molecule has 17 heavy (non-hydrogen) atoms. The van der Waals surface area contributed by atoms with Gasteiger partial charge in [0.05, 0.1) is 9.92 Å². The van der Waals surface area contributed by atoms with Gasteiger partial charge in [0.25, 0.3) is 10.0 Å². The minimum atomic E-state index is -4.08. The molecule has 0 saturated heterocycles. The van der Waals surface area contributed by atoms with Gasteiger partial charge in [0.2, 0.25) is 0 Å². The van der Waals surface area contributed by atoms with E-state index in [0.29, 0.717) is 0 Å². The number of carbonyl (C=O) groups is 1. The third kappa shape index (κ3) is 3.93. The van der Waals surface area contributed by atoms with Crippen LogP contribution in [0.25, 0.3) is 0 Å². The summed E-state index contributed by atoms with van der Waals surface area (Å²) in [5, 5.41) is 7.86. The zero-order valence-corrected chi connectivity index (χ0v) is 9.76. The molecule has 6 nitrogen and oxygen atoms in total. The molecular formula is C8H7ClFNO5S. The zero-order valence-electron chi connectivity index (χ0n) is 8.18. The molecule has 0 spiro atoms. The van der Waals surface area contributed by atoms with Crippen molar-refractivity contribution >= 4 is 27.6 Å². The summed E-state index contributed by atoms with van der Waals surface area (Å²) in [7, 11) is -4.08. The van der Waals surface area contributed by atoms with E-state index in [0.717, 1.165) is 18.2 Å². The van der Waals surface area contributed by atoms with E-state index in [1.807, 2.05) is 0 Å². The second-order valence-electron chi connectivity index (χ2n) is 2.85. The molecule has 0 aliphatic carbocycles. The quantitative estimate of drug-likeness (QED) is 0.779. The fourth-order valence-electron chi connectivity index (χ4n) is 0.861. The molecule has 0 saturated carbocycles. The number of aliphatic carboxylic acids is 1. The number of hydrogen-bond donors (Lipinski definition) is 2. The largest absolute Gasteiger partial charge is 0.479 e. The van der Waals surface area contributed by atoms with Crippen molar-refractivity contribution in [1.29, 1.82) is 0 Å². The summed E-state index contributed by atoms with van der Waals surface area (Å²) in [4.78, 5) is 15.5. The third-order valence-electron chi connectivity index (χ3n) is 1.57. The summed E-state index contributed by atoms with van der Waals surface area (Å²) in [6.45, 7) is -0.839. The molecule has 0 bridgehead atoms. The first-order valence-electron chi connectivity index (χ1n) is 4.13. The van der Waals surface area contributed by atoms with Crippen molar-refractivity contribution in [3.8, 4) is 0 Å². The van der Waals surface area contributed by atoms with Gasteiger partial charge in [-0.3, -0.25) is 4.84 Å². The van der Waals surface area contributed by atoms with E-state index >= 15 is 0 Å². The van der Waals surface area contributed by atoms with Crippen molar-refractivity contribution < 1.29 is 27.5 Å². The maximum atomic E-state index is 12.8. The Labute approximate surface area is 101 Å². The first kappa shape index (κ1) is 13.8. The Morgan fingerprint density at radius 3 is 2.71 bits per heavy atom. The van der Waals surface area contributed by atoms with Crippen LogP contribution in [-0.4, -0.2) is 26.1 Å². The average molecular weight is 284 g/mol. The predicted molar refractivity (Wildman–Crippen MR) is 55.3 cm³/mol. The summed E-state index contributed by atoms with van der Waals surface area (Å²) in [6, 6.07) is 2.71. The lowest BCUT2D eigenvalue weighted by molar-refractivity contribution is -0.143. The van der Waals surface area contributed by atoms with Gasteiger partial charge in [0.15, 0.2) is 6.61 Å². The van der Waals surface area contributed by atoms with Crippen molar-refractivity contribution in [3.05, 3.63) is 29.0 Å². The number of hydrogen-bond acceptors (Lipinski definition) is 4. The van der Waals surface area contributed by atoms with Gasteiger partial charge in [-0.15, -0.1) is 0 Å². The van der Waals surface area contributed by atoms with Gasteiger partial charge in [-0.05, 0) is 18.2 Å². The summed E-state index contributed by atoms with van der Waals surface area (Å²) in [6.07, 6.45) is 0. The van der Waals surface area contributed by atoms with Crippen molar-refractivity contribution in [2.45, 2.75) is 4.90 Å². The lowest BCUT2D eigenvalue weighted by atomic mass is 10.3. The third-order valence-corrected chi connectivity index (χ3v) is 3.07. The van der Waals surface area contributed by atoms with Crippen LogP contribution in [0.3, 0.4) is 0 Å². The summed E-state index contributed by atoms with van der Waals surface area (Å²) in [5.74, 6) is -2.11. The second-order valence-corrected chi connectivity index (χ2v) is 4.90. The Hall–Kier alpha value is -1.22. The van der Waals surface area contributed by atoms with Crippen LogP contribution in [0.2, 0.25) is 5.02 Å². The molecule has 0 unspecified atom stereocenters. The van der Waals surface area contributed by atoms with E-state index in [-0.39, 0.29) is 9.92 Å². The highest BCUT2D eigenvalue weighted by Gasteiger charge is 2.16. The highest BCUT2D eigenvalue weighted by molar-refractivity contribution is 7.89. The molecule has 0 fully saturated rings. The van der Waals surface area contributed by atoms with Crippen LogP contribution in [-0.2, 0) is 19.7 Å². The molecular weight excluding hydrogens is 277 g/mol. The van der Waals surface area contributed by atoms with Crippen LogP contribution >= 0.6 is 11.6 Å². The molecule has 94 valence electrons. The Kier molecular flexibility index (Phi) is 4.40. The van der Waals surface area contributed by atoms with Crippen LogP contribution in [0.4, 0.5) is 4.39 Å². The first-order valence-corrected chi connectivity index (χ1v) is 5.99. The van der Waals surface area contributed by atoms with Crippen LogP contribution in [0.15, 0.2) is 23.1 Å². The number of benzene rings is 1. The average Bonchev–Trinajstić information content (AvgIpc) is 2.21. The van der Waals surface area contributed by atoms with E-state index in [1.54, 1.807) is 4.89 Å². The Morgan fingerprint density at radius 1 is 1.53 bits per heavy atom. The van der Waals surface area contributed by atoms with Crippen LogP contribution in [0, 0.1) is 5.82 Å². The van der Waals surface area contributed by atoms with Crippen molar-refractivity contribution in [1.82, 2.24) is 4.89 Å². The summed E-state index contributed by atoms with van der Waals surface area (Å²) in [5.41, 5.74) is 0. The zero-order chi connectivity index (χ0) is 13.1. The molecule has 0 aliphatic heterocycles. The molecule has 0 radical (unpaired) electrons. The number of rotatable bonds is 5. The van der Waals surface area contributed by atoms with Crippen LogP contribution in [0.5, 0.6) is 0 Å². The normalized spacial score (nSPS) is 11.4. The molecule has 1 rings (SSSR count). The smallest absolute Gasteiger partial charge is 0.331 e. The van der Waals surface area contributed by atoms with Gasteiger partial charge in [-0.2, -0.15) is 0 Å². The van der Waals surface area contributed by atoms with Gasteiger partial charge in [0.1, 0.15) is 5.82 Å². The van der Waals surface area contributed by atoms with Crippen molar-refractivity contribution in [3.63, 3.8) is 0 Å². The van der Waals surface area contributed by atoms with Gasteiger partial charge >= 0.3 is 5.97 Å². The summed E-state index contributed by atoms with van der Waals surface area (Å²) < 4.78 is 35.7. The fraction of sp³-hybridized carbons (Fsp3) is 0.125. The highest BCUT2D eigenvalue weighted by Crippen LogP contribution is 2.19. The maximum absolute atomic E-state index is 12.8. The standard InChI is InChI=1S/C8H7ClFNO5S/c9-6-3-5(1-2-7(6)10)17(14,15)11-16-4-8(12)13/h1-3,11H,4H2,(H,12,13). The first-order chi connectivity index (χ1) is 7.83. The molecule has 1 aromatic rings. The SMILES string of the molecule is O=C(O)CONS(=O)(=O)c1ccc(F)c(Cl)c1. The van der Waals surface area contributed by atoms with Crippen LogP contribution in [0.1, 0.15) is 0 Å². The molecule has 1 aromatic carbocycles. The lowest BCUT2D eigenvalue weighted by Gasteiger charge is -2.06. The minimum Gasteiger partial charge on any atom is -0.479 e. The molecule has 0 aliphatic rings. The molecule has 9 heteroatoms. The fourth-order valence-corrected chi connectivity index (χ4v) is 1.94. The molecule has 0 atom stereocenters. The predicted octanol–water partition coefficient (Wildman–Crippen LogP) is 0.774. The van der Waals surface area contributed by atoms with E-state index in [1.165, 1.54) is 0 Å². The Balaban J connectivity index is 2.82. The van der Waals surface area contributed by atoms with Gasteiger partial charge in [-0.25, -0.2) is 17.6 Å². The van der Waals surface area contributed by atoms with E-state index in [4.69, 9.17) is 16.7 Å². The van der Waals surface area contributed by atoms with E-state index in [9.17, 15) is 17.6 Å². The monoisotopic (exact) mass is 283 g/mol. The highest BCUT2D eigenvalue weighted by atomic mass is 35.5.